The molecule has 6 nitrogen and oxygen atoms in total. The van der Waals surface area contributed by atoms with E-state index >= 15 is 0 Å². The van der Waals surface area contributed by atoms with Gasteiger partial charge in [-0.3, -0.25) is 9.71 Å². The Morgan fingerprint density at radius 2 is 1.90 bits per heavy atom. The van der Waals surface area contributed by atoms with Gasteiger partial charge in [0.15, 0.2) is 0 Å². The summed E-state index contributed by atoms with van der Waals surface area (Å²) in [5.74, 6) is -1.18. The number of sulfonamides is 1. The number of carboxylic acids is 1. The maximum absolute atomic E-state index is 12.4. The molecule has 0 unspecified atom stereocenters. The summed E-state index contributed by atoms with van der Waals surface area (Å²) in [6, 6.07) is 5.66. The lowest BCUT2D eigenvalue weighted by molar-refractivity contribution is 0.0696. The van der Waals surface area contributed by atoms with E-state index < -0.39 is 16.0 Å². The van der Waals surface area contributed by atoms with E-state index in [2.05, 4.69) is 9.71 Å². The zero-order valence-electron chi connectivity index (χ0n) is 11.5. The molecule has 0 aliphatic carbocycles. The Morgan fingerprint density at radius 3 is 2.52 bits per heavy atom. The van der Waals surface area contributed by atoms with Crippen LogP contribution in [0, 0.1) is 13.8 Å². The smallest absolute Gasteiger partial charge is 0.335 e. The maximum atomic E-state index is 12.4. The molecule has 0 saturated carbocycles. The zero-order valence-corrected chi connectivity index (χ0v) is 12.3. The van der Waals surface area contributed by atoms with E-state index in [4.69, 9.17) is 5.11 Å². The number of anilines is 1. The lowest BCUT2D eigenvalue weighted by Gasteiger charge is -2.12. The third-order valence-corrected chi connectivity index (χ3v) is 4.52. The molecule has 0 bridgehead atoms. The summed E-state index contributed by atoms with van der Waals surface area (Å²) < 4.78 is 27.3. The molecular formula is C14H14N2O4S. The van der Waals surface area contributed by atoms with Crippen LogP contribution in [0.4, 0.5) is 5.69 Å². The second-order valence-electron chi connectivity index (χ2n) is 4.58. The summed E-state index contributed by atoms with van der Waals surface area (Å²) in [5.41, 5.74) is 1.47. The average Bonchev–Trinajstić information content (AvgIpc) is 2.41. The van der Waals surface area contributed by atoms with Gasteiger partial charge in [0.1, 0.15) is 0 Å². The van der Waals surface area contributed by atoms with Crippen LogP contribution in [0.25, 0.3) is 0 Å². The van der Waals surface area contributed by atoms with Gasteiger partial charge in [-0.15, -0.1) is 0 Å². The van der Waals surface area contributed by atoms with Crippen LogP contribution in [0.15, 0.2) is 41.6 Å². The highest BCUT2D eigenvalue weighted by Gasteiger charge is 2.19. The largest absolute Gasteiger partial charge is 0.478 e. The summed E-state index contributed by atoms with van der Waals surface area (Å²) in [7, 11) is -3.88. The molecule has 1 aromatic carbocycles. The number of pyridine rings is 1. The molecule has 0 spiro atoms. The molecule has 0 saturated heterocycles. The molecule has 2 rings (SSSR count). The third-order valence-electron chi connectivity index (χ3n) is 3.01. The quantitative estimate of drug-likeness (QED) is 0.902. The Labute approximate surface area is 122 Å². The van der Waals surface area contributed by atoms with E-state index in [0.29, 0.717) is 11.3 Å². The fraction of sp³-hybridized carbons (Fsp3) is 0.143. The maximum Gasteiger partial charge on any atom is 0.335 e. The number of nitrogens with zero attached hydrogens (tertiary/aromatic N) is 1. The predicted molar refractivity (Wildman–Crippen MR) is 77.9 cm³/mol. The lowest BCUT2D eigenvalue weighted by Crippen LogP contribution is -2.16. The van der Waals surface area contributed by atoms with E-state index in [1.165, 1.54) is 18.3 Å². The summed E-state index contributed by atoms with van der Waals surface area (Å²) >= 11 is 0. The number of nitrogens with one attached hydrogen (secondary N) is 1. The molecule has 0 atom stereocenters. The molecule has 2 N–H and O–H groups in total. The molecule has 7 heteroatoms. The van der Waals surface area contributed by atoms with Crippen molar-refractivity contribution >= 4 is 21.7 Å². The summed E-state index contributed by atoms with van der Waals surface area (Å²) in [4.78, 5) is 14.8. The average molecular weight is 306 g/mol. The standard InChI is InChI=1S/C14H14N2O4S/c1-9-5-6-15-8-12(9)16-21(19,20)13-7-11(14(17)18)4-3-10(13)2/h3-8,16H,1-2H3,(H,17,18). The molecule has 0 radical (unpaired) electrons. The number of hydrogen-bond donors (Lipinski definition) is 2. The fourth-order valence-corrected chi connectivity index (χ4v) is 3.18. The molecule has 21 heavy (non-hydrogen) atoms. The Morgan fingerprint density at radius 1 is 1.19 bits per heavy atom. The van der Waals surface area contributed by atoms with E-state index in [0.717, 1.165) is 11.6 Å². The first-order valence-electron chi connectivity index (χ1n) is 6.08. The van der Waals surface area contributed by atoms with Gasteiger partial charge in [0, 0.05) is 6.20 Å². The Hall–Kier alpha value is -2.41. The van der Waals surface area contributed by atoms with Gasteiger partial charge >= 0.3 is 5.97 Å². The molecule has 0 aliphatic heterocycles. The summed E-state index contributed by atoms with van der Waals surface area (Å²) in [5, 5.41) is 8.97. The zero-order chi connectivity index (χ0) is 15.6. The number of aromatic carboxylic acids is 1. The van der Waals surface area contributed by atoms with Crippen LogP contribution in [-0.2, 0) is 10.0 Å². The molecule has 110 valence electrons. The van der Waals surface area contributed by atoms with Crippen LogP contribution in [0.3, 0.4) is 0 Å². The molecule has 0 fully saturated rings. The molecule has 1 aromatic heterocycles. The monoisotopic (exact) mass is 306 g/mol. The number of benzene rings is 1. The van der Waals surface area contributed by atoms with Crippen LogP contribution < -0.4 is 4.72 Å². The molecule has 2 aromatic rings. The first-order valence-corrected chi connectivity index (χ1v) is 7.57. The fourth-order valence-electron chi connectivity index (χ4n) is 1.79. The van der Waals surface area contributed by atoms with Gasteiger partial charge in [-0.1, -0.05) is 6.07 Å². The van der Waals surface area contributed by atoms with Crippen molar-refractivity contribution in [2.24, 2.45) is 0 Å². The van der Waals surface area contributed by atoms with Gasteiger partial charge in [0.2, 0.25) is 0 Å². The van der Waals surface area contributed by atoms with Crippen molar-refractivity contribution in [3.8, 4) is 0 Å². The molecule has 1 heterocycles. The summed E-state index contributed by atoms with van der Waals surface area (Å²) in [6.07, 6.45) is 2.96. The first-order chi connectivity index (χ1) is 9.81. The second-order valence-corrected chi connectivity index (χ2v) is 6.23. The van der Waals surface area contributed by atoms with Gasteiger partial charge in [0.25, 0.3) is 10.0 Å². The van der Waals surface area contributed by atoms with Crippen LogP contribution in [0.5, 0.6) is 0 Å². The van der Waals surface area contributed by atoms with Crippen LogP contribution >= 0.6 is 0 Å². The number of rotatable bonds is 4. The van der Waals surface area contributed by atoms with Gasteiger partial charge in [0.05, 0.1) is 22.3 Å². The Balaban J connectivity index is 2.47. The highest BCUT2D eigenvalue weighted by Crippen LogP contribution is 2.22. The minimum atomic E-state index is -3.88. The van der Waals surface area contributed by atoms with Crippen molar-refractivity contribution in [3.63, 3.8) is 0 Å². The van der Waals surface area contributed by atoms with Crippen molar-refractivity contribution in [2.75, 3.05) is 4.72 Å². The third kappa shape index (κ3) is 3.19. The van der Waals surface area contributed by atoms with Crippen molar-refractivity contribution in [1.29, 1.82) is 0 Å². The topological polar surface area (TPSA) is 96.4 Å². The van der Waals surface area contributed by atoms with Gasteiger partial charge < -0.3 is 5.11 Å². The van der Waals surface area contributed by atoms with Gasteiger partial charge in [-0.25, -0.2) is 13.2 Å². The number of aryl methyl sites for hydroxylation is 2. The Kier molecular flexibility index (Phi) is 3.95. The molecule has 0 amide bonds. The SMILES string of the molecule is Cc1ccncc1NS(=O)(=O)c1cc(C(=O)O)ccc1C. The summed E-state index contributed by atoms with van der Waals surface area (Å²) in [6.45, 7) is 3.36. The second kappa shape index (κ2) is 5.53. The molecular weight excluding hydrogens is 292 g/mol. The van der Waals surface area contributed by atoms with Crippen molar-refractivity contribution in [1.82, 2.24) is 4.98 Å². The van der Waals surface area contributed by atoms with E-state index in [1.807, 2.05) is 0 Å². The van der Waals surface area contributed by atoms with E-state index in [1.54, 1.807) is 26.1 Å². The first kappa shape index (κ1) is 15.0. The van der Waals surface area contributed by atoms with E-state index in [-0.39, 0.29) is 10.5 Å². The number of carbonyl (C=O) groups is 1. The minimum absolute atomic E-state index is 0.0642. The van der Waals surface area contributed by atoms with Crippen molar-refractivity contribution < 1.29 is 18.3 Å². The van der Waals surface area contributed by atoms with Gasteiger partial charge in [-0.05, 0) is 43.2 Å². The normalized spacial score (nSPS) is 11.1. The van der Waals surface area contributed by atoms with Crippen LogP contribution in [-0.4, -0.2) is 24.5 Å². The van der Waals surface area contributed by atoms with Gasteiger partial charge in [-0.2, -0.15) is 0 Å². The minimum Gasteiger partial charge on any atom is -0.478 e. The van der Waals surface area contributed by atoms with Crippen LogP contribution in [0.2, 0.25) is 0 Å². The highest BCUT2D eigenvalue weighted by molar-refractivity contribution is 7.92. The van der Waals surface area contributed by atoms with Crippen molar-refractivity contribution in [2.45, 2.75) is 18.7 Å². The van der Waals surface area contributed by atoms with E-state index in [9.17, 15) is 13.2 Å². The molecule has 0 aliphatic rings. The number of carboxylic acid groups (broad SMARTS) is 1. The Bertz CT molecular complexity index is 800. The lowest BCUT2D eigenvalue weighted by atomic mass is 10.1. The van der Waals surface area contributed by atoms with Crippen molar-refractivity contribution in [3.05, 3.63) is 53.3 Å². The highest BCUT2D eigenvalue weighted by atomic mass is 32.2. The number of aromatic nitrogens is 1. The predicted octanol–water partition coefficient (Wildman–Crippen LogP) is 2.20. The number of hydrogen-bond acceptors (Lipinski definition) is 4. The van der Waals surface area contributed by atoms with Crippen LogP contribution in [0.1, 0.15) is 21.5 Å².